The highest BCUT2D eigenvalue weighted by atomic mass is 14.7. The third-order valence-corrected chi connectivity index (χ3v) is 5.16. The van der Waals surface area contributed by atoms with E-state index in [1.807, 2.05) is 0 Å². The van der Waals surface area contributed by atoms with Gasteiger partial charge in [0.2, 0.25) is 0 Å². The van der Waals surface area contributed by atoms with Crippen LogP contribution in [-0.2, 0) is 12.8 Å². The van der Waals surface area contributed by atoms with E-state index in [0.29, 0.717) is 0 Å². The number of rotatable bonds is 1. The second-order valence-electron chi connectivity index (χ2n) is 6.42. The average Bonchev–Trinajstić information content (AvgIpc) is 3.02. The molecule has 2 aromatic rings. The molecule has 2 heteroatoms. The number of benzene rings is 1. The fraction of sp³-hybridized carbons (Fsp3) is 0.500. The van der Waals surface area contributed by atoms with Crippen LogP contribution in [0.15, 0.2) is 18.2 Å². The SMILES string of the molecule is Nc1c2c(nc3ccc(C4CCCC4)cc13)CCCC2. The smallest absolute Gasteiger partial charge is 0.0726 e. The van der Waals surface area contributed by atoms with Gasteiger partial charge in [-0.1, -0.05) is 18.9 Å². The van der Waals surface area contributed by atoms with Crippen molar-refractivity contribution in [2.45, 2.75) is 57.3 Å². The molecule has 2 N–H and O–H groups in total. The molecule has 1 aromatic heterocycles. The zero-order chi connectivity index (χ0) is 13.5. The lowest BCUT2D eigenvalue weighted by molar-refractivity contribution is 0.672. The number of aromatic nitrogens is 1. The Kier molecular flexibility index (Phi) is 2.90. The Bertz CT molecular complexity index is 654. The van der Waals surface area contributed by atoms with Crippen LogP contribution < -0.4 is 5.73 Å². The first-order valence-corrected chi connectivity index (χ1v) is 8.04. The number of anilines is 1. The third-order valence-electron chi connectivity index (χ3n) is 5.16. The Labute approximate surface area is 120 Å². The second kappa shape index (κ2) is 4.76. The molecule has 4 rings (SSSR count). The lowest BCUT2D eigenvalue weighted by Crippen LogP contribution is -2.09. The van der Waals surface area contributed by atoms with Crippen molar-refractivity contribution >= 4 is 16.6 Å². The predicted octanol–water partition coefficient (Wildman–Crippen LogP) is 4.35. The molecule has 2 aliphatic carbocycles. The van der Waals surface area contributed by atoms with Gasteiger partial charge < -0.3 is 5.73 Å². The third kappa shape index (κ3) is 1.90. The molecule has 2 nitrogen and oxygen atoms in total. The number of nitrogens with two attached hydrogens (primary N) is 1. The van der Waals surface area contributed by atoms with Crippen LogP contribution in [0.4, 0.5) is 5.69 Å². The van der Waals surface area contributed by atoms with Crippen molar-refractivity contribution in [2.24, 2.45) is 0 Å². The van der Waals surface area contributed by atoms with E-state index in [-0.39, 0.29) is 0 Å². The monoisotopic (exact) mass is 266 g/mol. The number of nitrogen functional groups attached to an aromatic ring is 1. The molecule has 1 saturated carbocycles. The predicted molar refractivity (Wildman–Crippen MR) is 84.0 cm³/mol. The normalized spacial score (nSPS) is 19.4. The van der Waals surface area contributed by atoms with Crippen molar-refractivity contribution in [3.05, 3.63) is 35.0 Å². The van der Waals surface area contributed by atoms with E-state index in [0.717, 1.165) is 30.0 Å². The average molecular weight is 266 g/mol. The molecule has 1 heterocycles. The molecule has 104 valence electrons. The fourth-order valence-corrected chi connectivity index (χ4v) is 3.99. The minimum Gasteiger partial charge on any atom is -0.398 e. The Morgan fingerprint density at radius 1 is 1.00 bits per heavy atom. The first-order valence-electron chi connectivity index (χ1n) is 8.04. The topological polar surface area (TPSA) is 38.9 Å². The van der Waals surface area contributed by atoms with E-state index in [4.69, 9.17) is 10.7 Å². The number of hydrogen-bond acceptors (Lipinski definition) is 2. The fourth-order valence-electron chi connectivity index (χ4n) is 3.99. The van der Waals surface area contributed by atoms with E-state index in [9.17, 15) is 0 Å². The second-order valence-corrected chi connectivity index (χ2v) is 6.42. The number of fused-ring (bicyclic) bond motifs is 2. The molecule has 0 saturated heterocycles. The largest absolute Gasteiger partial charge is 0.398 e. The van der Waals surface area contributed by atoms with Gasteiger partial charge in [0.1, 0.15) is 0 Å². The molecular weight excluding hydrogens is 244 g/mol. The van der Waals surface area contributed by atoms with Crippen molar-refractivity contribution in [1.29, 1.82) is 0 Å². The minimum absolute atomic E-state index is 0.745. The van der Waals surface area contributed by atoms with Crippen LogP contribution >= 0.6 is 0 Å². The Balaban J connectivity index is 1.86. The molecule has 0 amide bonds. The molecule has 0 aliphatic heterocycles. The Morgan fingerprint density at radius 3 is 2.65 bits per heavy atom. The van der Waals surface area contributed by atoms with E-state index in [2.05, 4.69) is 18.2 Å². The molecule has 1 fully saturated rings. The van der Waals surface area contributed by atoms with E-state index in [1.165, 1.54) is 60.7 Å². The van der Waals surface area contributed by atoms with Crippen LogP contribution in [0.5, 0.6) is 0 Å². The van der Waals surface area contributed by atoms with Gasteiger partial charge in [-0.05, 0) is 67.7 Å². The van der Waals surface area contributed by atoms with Crippen molar-refractivity contribution in [2.75, 3.05) is 5.73 Å². The number of aryl methyl sites for hydroxylation is 1. The molecule has 0 radical (unpaired) electrons. The van der Waals surface area contributed by atoms with Crippen molar-refractivity contribution in [3.8, 4) is 0 Å². The quantitative estimate of drug-likeness (QED) is 0.833. The molecule has 0 bridgehead atoms. The van der Waals surface area contributed by atoms with Crippen molar-refractivity contribution in [1.82, 2.24) is 4.98 Å². The molecule has 0 spiro atoms. The van der Waals surface area contributed by atoms with Crippen LogP contribution in [0.25, 0.3) is 10.9 Å². The van der Waals surface area contributed by atoms with Gasteiger partial charge in [-0.2, -0.15) is 0 Å². The Morgan fingerprint density at radius 2 is 1.80 bits per heavy atom. The lowest BCUT2D eigenvalue weighted by atomic mass is 9.91. The van der Waals surface area contributed by atoms with Crippen LogP contribution in [0.2, 0.25) is 0 Å². The summed E-state index contributed by atoms with van der Waals surface area (Å²) in [6, 6.07) is 6.79. The van der Waals surface area contributed by atoms with Gasteiger partial charge in [-0.15, -0.1) is 0 Å². The van der Waals surface area contributed by atoms with Crippen LogP contribution in [0.1, 0.15) is 61.3 Å². The first kappa shape index (κ1) is 12.2. The summed E-state index contributed by atoms with van der Waals surface area (Å²) in [6.45, 7) is 0. The van der Waals surface area contributed by atoms with Crippen LogP contribution in [-0.4, -0.2) is 4.98 Å². The van der Waals surface area contributed by atoms with E-state index < -0.39 is 0 Å². The summed E-state index contributed by atoms with van der Waals surface area (Å²) in [5.74, 6) is 0.745. The van der Waals surface area contributed by atoms with Gasteiger partial charge in [-0.3, -0.25) is 4.98 Å². The van der Waals surface area contributed by atoms with Crippen LogP contribution in [0, 0.1) is 0 Å². The summed E-state index contributed by atoms with van der Waals surface area (Å²) >= 11 is 0. The molecule has 0 atom stereocenters. The zero-order valence-corrected chi connectivity index (χ0v) is 12.0. The summed E-state index contributed by atoms with van der Waals surface area (Å²) in [4.78, 5) is 4.86. The maximum absolute atomic E-state index is 6.47. The lowest BCUT2D eigenvalue weighted by Gasteiger charge is -2.19. The maximum atomic E-state index is 6.47. The highest BCUT2D eigenvalue weighted by molar-refractivity contribution is 5.92. The highest BCUT2D eigenvalue weighted by Gasteiger charge is 2.20. The van der Waals surface area contributed by atoms with Gasteiger partial charge in [0.15, 0.2) is 0 Å². The van der Waals surface area contributed by atoms with Crippen molar-refractivity contribution < 1.29 is 0 Å². The summed E-state index contributed by atoms with van der Waals surface area (Å²) in [7, 11) is 0. The maximum Gasteiger partial charge on any atom is 0.0726 e. The van der Waals surface area contributed by atoms with E-state index in [1.54, 1.807) is 0 Å². The first-order chi connectivity index (χ1) is 9.83. The summed E-state index contributed by atoms with van der Waals surface area (Å²) in [5, 5.41) is 1.19. The molecule has 2 aliphatic rings. The molecule has 1 aromatic carbocycles. The van der Waals surface area contributed by atoms with Crippen LogP contribution in [0.3, 0.4) is 0 Å². The summed E-state index contributed by atoms with van der Waals surface area (Å²) in [5.41, 5.74) is 12.6. The Hall–Kier alpha value is -1.57. The number of hydrogen-bond donors (Lipinski definition) is 1. The number of pyridine rings is 1. The van der Waals surface area contributed by atoms with Gasteiger partial charge in [0.25, 0.3) is 0 Å². The standard InChI is InChI=1S/C18H22N2/c19-18-14-7-3-4-8-16(14)20-17-10-9-13(11-15(17)18)12-5-1-2-6-12/h9-12H,1-8H2,(H2,19,20). The minimum atomic E-state index is 0.745. The van der Waals surface area contributed by atoms with E-state index >= 15 is 0 Å². The highest BCUT2D eigenvalue weighted by Crippen LogP contribution is 2.37. The summed E-state index contributed by atoms with van der Waals surface area (Å²) < 4.78 is 0. The zero-order valence-electron chi connectivity index (χ0n) is 12.0. The summed E-state index contributed by atoms with van der Waals surface area (Å²) in [6.07, 6.45) is 10.1. The molecule has 0 unspecified atom stereocenters. The van der Waals surface area contributed by atoms with Gasteiger partial charge in [-0.25, -0.2) is 0 Å². The molecular formula is C18H22N2. The van der Waals surface area contributed by atoms with Gasteiger partial charge in [0, 0.05) is 16.8 Å². The molecule has 20 heavy (non-hydrogen) atoms. The van der Waals surface area contributed by atoms with Gasteiger partial charge >= 0.3 is 0 Å². The van der Waals surface area contributed by atoms with Gasteiger partial charge in [0.05, 0.1) is 5.52 Å². The number of nitrogens with zero attached hydrogens (tertiary/aromatic N) is 1. The van der Waals surface area contributed by atoms with Crippen molar-refractivity contribution in [3.63, 3.8) is 0 Å².